The summed E-state index contributed by atoms with van der Waals surface area (Å²) in [5, 5.41) is 10.6. The minimum Gasteiger partial charge on any atom is -0.355 e. The van der Waals surface area contributed by atoms with Crippen molar-refractivity contribution >= 4 is 17.4 Å². The summed E-state index contributed by atoms with van der Waals surface area (Å²) in [6, 6.07) is 9.32. The Morgan fingerprint density at radius 1 is 1.08 bits per heavy atom. The summed E-state index contributed by atoms with van der Waals surface area (Å²) in [7, 11) is 0. The Hall–Kier alpha value is -2.58. The summed E-state index contributed by atoms with van der Waals surface area (Å²) in [5.41, 5.74) is 0.245. The van der Waals surface area contributed by atoms with E-state index in [9.17, 15) is 9.18 Å². The van der Waals surface area contributed by atoms with Crippen LogP contribution >= 0.6 is 0 Å². The standard InChI is InChI=1S/C18H19FN4O3/c19-13-3-1-2-4-14(13)20-17(24)15-5-6-16(22-21-15)23-9-7-18(8-10-23)25-11-12-26-18/h1-6H,7-12H2,(H,20,24). The number of nitrogens with zero attached hydrogens (tertiary/aromatic N) is 3. The van der Waals surface area contributed by atoms with Gasteiger partial charge in [0.15, 0.2) is 17.3 Å². The molecule has 2 aliphatic heterocycles. The molecule has 3 heterocycles. The molecule has 1 aromatic heterocycles. The summed E-state index contributed by atoms with van der Waals surface area (Å²) < 4.78 is 25.0. The molecule has 2 aliphatic rings. The molecule has 0 unspecified atom stereocenters. The van der Waals surface area contributed by atoms with Crippen molar-refractivity contribution in [3.8, 4) is 0 Å². The monoisotopic (exact) mass is 358 g/mol. The summed E-state index contributed by atoms with van der Waals surface area (Å²) in [6.07, 6.45) is 1.54. The molecular weight excluding hydrogens is 339 g/mol. The van der Waals surface area contributed by atoms with Crippen molar-refractivity contribution in [2.45, 2.75) is 18.6 Å². The van der Waals surface area contributed by atoms with Crippen molar-refractivity contribution in [3.05, 3.63) is 47.9 Å². The fourth-order valence-corrected chi connectivity index (χ4v) is 3.23. The SMILES string of the molecule is O=C(Nc1ccccc1F)c1ccc(N2CCC3(CC2)OCCO3)nn1. The van der Waals surface area contributed by atoms with Gasteiger partial charge in [0.25, 0.3) is 5.91 Å². The van der Waals surface area contributed by atoms with Crippen LogP contribution in [0.4, 0.5) is 15.9 Å². The second kappa shape index (κ2) is 6.97. The van der Waals surface area contributed by atoms with Crippen LogP contribution in [0.15, 0.2) is 36.4 Å². The number of amides is 1. The van der Waals surface area contributed by atoms with Crippen molar-refractivity contribution in [1.82, 2.24) is 10.2 Å². The van der Waals surface area contributed by atoms with Gasteiger partial charge in [-0.3, -0.25) is 4.79 Å². The number of hydrogen-bond donors (Lipinski definition) is 1. The van der Waals surface area contributed by atoms with Gasteiger partial charge in [0.1, 0.15) is 5.82 Å². The average molecular weight is 358 g/mol. The van der Waals surface area contributed by atoms with Gasteiger partial charge in [0, 0.05) is 25.9 Å². The summed E-state index contributed by atoms with van der Waals surface area (Å²) in [5.74, 6) is -0.743. The highest BCUT2D eigenvalue weighted by atomic mass is 19.1. The highest BCUT2D eigenvalue weighted by Crippen LogP contribution is 2.32. The van der Waals surface area contributed by atoms with Crippen LogP contribution in [0.1, 0.15) is 23.3 Å². The number of nitrogens with one attached hydrogen (secondary N) is 1. The number of carbonyl (C=O) groups is 1. The van der Waals surface area contributed by atoms with Gasteiger partial charge in [-0.25, -0.2) is 4.39 Å². The van der Waals surface area contributed by atoms with Crippen LogP contribution in [0.25, 0.3) is 0 Å². The number of para-hydroxylation sites is 1. The van der Waals surface area contributed by atoms with Crippen LogP contribution in [0, 0.1) is 5.82 Å². The third kappa shape index (κ3) is 3.38. The van der Waals surface area contributed by atoms with Crippen LogP contribution in [-0.4, -0.2) is 48.2 Å². The van der Waals surface area contributed by atoms with E-state index in [1.165, 1.54) is 12.1 Å². The third-order valence-corrected chi connectivity index (χ3v) is 4.67. The van der Waals surface area contributed by atoms with E-state index in [0.717, 1.165) is 25.9 Å². The first-order valence-electron chi connectivity index (χ1n) is 8.58. The van der Waals surface area contributed by atoms with Gasteiger partial charge in [-0.15, -0.1) is 10.2 Å². The first-order valence-corrected chi connectivity index (χ1v) is 8.58. The van der Waals surface area contributed by atoms with Crippen LogP contribution in [0.2, 0.25) is 0 Å². The predicted molar refractivity (Wildman–Crippen MR) is 92.5 cm³/mol. The minimum atomic E-state index is -0.500. The molecule has 1 aromatic carbocycles. The highest BCUT2D eigenvalue weighted by Gasteiger charge is 2.40. The number of benzene rings is 1. The van der Waals surface area contributed by atoms with E-state index in [-0.39, 0.29) is 11.4 Å². The van der Waals surface area contributed by atoms with E-state index in [4.69, 9.17) is 9.47 Å². The molecule has 0 atom stereocenters. The maximum atomic E-state index is 13.6. The van der Waals surface area contributed by atoms with E-state index in [0.29, 0.717) is 19.0 Å². The Kier molecular flexibility index (Phi) is 4.52. The molecule has 4 rings (SSSR count). The van der Waals surface area contributed by atoms with Gasteiger partial charge >= 0.3 is 0 Å². The number of hydrogen-bond acceptors (Lipinski definition) is 6. The zero-order valence-corrected chi connectivity index (χ0v) is 14.2. The largest absolute Gasteiger partial charge is 0.355 e. The number of anilines is 2. The lowest BCUT2D eigenvalue weighted by molar-refractivity contribution is -0.169. The molecule has 0 aliphatic carbocycles. The molecule has 2 saturated heterocycles. The Labute approximate surface area is 150 Å². The molecule has 0 saturated carbocycles. The first kappa shape index (κ1) is 16.9. The molecule has 1 spiro atoms. The lowest BCUT2D eigenvalue weighted by atomic mass is 10.0. The second-order valence-electron chi connectivity index (χ2n) is 6.31. The molecule has 2 aromatic rings. The molecular formula is C18H19FN4O3. The first-order chi connectivity index (χ1) is 12.7. The van der Waals surface area contributed by atoms with E-state index in [2.05, 4.69) is 20.4 Å². The quantitative estimate of drug-likeness (QED) is 0.907. The normalized spacial score (nSPS) is 18.9. The van der Waals surface area contributed by atoms with Crippen LogP contribution < -0.4 is 10.2 Å². The average Bonchev–Trinajstić information content (AvgIpc) is 3.12. The van der Waals surface area contributed by atoms with E-state index < -0.39 is 17.5 Å². The number of halogens is 1. The smallest absolute Gasteiger partial charge is 0.276 e. The second-order valence-corrected chi connectivity index (χ2v) is 6.31. The van der Waals surface area contributed by atoms with E-state index >= 15 is 0 Å². The molecule has 0 radical (unpaired) electrons. The number of rotatable bonds is 3. The predicted octanol–water partition coefficient (Wildman–Crippen LogP) is 2.21. The number of piperidine rings is 1. The molecule has 26 heavy (non-hydrogen) atoms. The van der Waals surface area contributed by atoms with E-state index in [1.54, 1.807) is 24.3 Å². The topological polar surface area (TPSA) is 76.6 Å². The van der Waals surface area contributed by atoms with Crippen molar-refractivity contribution in [2.24, 2.45) is 0 Å². The van der Waals surface area contributed by atoms with Gasteiger partial charge in [0.05, 0.1) is 18.9 Å². The lowest BCUT2D eigenvalue weighted by Crippen LogP contribution is -2.45. The maximum absolute atomic E-state index is 13.6. The van der Waals surface area contributed by atoms with Crippen molar-refractivity contribution < 1.29 is 18.7 Å². The maximum Gasteiger partial charge on any atom is 0.276 e. The van der Waals surface area contributed by atoms with Gasteiger partial charge < -0.3 is 19.7 Å². The van der Waals surface area contributed by atoms with E-state index in [1.807, 2.05) is 0 Å². The van der Waals surface area contributed by atoms with Crippen molar-refractivity contribution in [2.75, 3.05) is 36.5 Å². The summed E-state index contributed by atoms with van der Waals surface area (Å²) in [6.45, 7) is 2.78. The number of carbonyl (C=O) groups excluding carboxylic acids is 1. The Bertz CT molecular complexity index is 783. The lowest BCUT2D eigenvalue weighted by Gasteiger charge is -2.37. The van der Waals surface area contributed by atoms with Crippen LogP contribution in [-0.2, 0) is 9.47 Å². The zero-order chi connectivity index (χ0) is 18.0. The fraction of sp³-hybridized carbons (Fsp3) is 0.389. The van der Waals surface area contributed by atoms with Gasteiger partial charge in [-0.05, 0) is 24.3 Å². The highest BCUT2D eigenvalue weighted by molar-refractivity contribution is 6.02. The number of ether oxygens (including phenoxy) is 2. The van der Waals surface area contributed by atoms with Crippen LogP contribution in [0.5, 0.6) is 0 Å². The Balaban J connectivity index is 1.39. The minimum absolute atomic E-state index is 0.112. The van der Waals surface area contributed by atoms with Crippen LogP contribution in [0.3, 0.4) is 0 Å². The van der Waals surface area contributed by atoms with Gasteiger partial charge in [0.2, 0.25) is 0 Å². The summed E-state index contributed by atoms with van der Waals surface area (Å²) in [4.78, 5) is 14.3. The van der Waals surface area contributed by atoms with Gasteiger partial charge in [-0.1, -0.05) is 12.1 Å². The molecule has 1 amide bonds. The van der Waals surface area contributed by atoms with Crippen molar-refractivity contribution in [3.63, 3.8) is 0 Å². The Morgan fingerprint density at radius 2 is 1.81 bits per heavy atom. The molecule has 8 heteroatoms. The zero-order valence-electron chi connectivity index (χ0n) is 14.2. The fourth-order valence-electron chi connectivity index (χ4n) is 3.23. The molecule has 1 N–H and O–H groups in total. The molecule has 0 bridgehead atoms. The van der Waals surface area contributed by atoms with Crippen molar-refractivity contribution in [1.29, 1.82) is 0 Å². The number of aromatic nitrogens is 2. The van der Waals surface area contributed by atoms with Gasteiger partial charge in [-0.2, -0.15) is 0 Å². The molecule has 7 nitrogen and oxygen atoms in total. The molecule has 2 fully saturated rings. The summed E-state index contributed by atoms with van der Waals surface area (Å²) >= 11 is 0. The molecule has 136 valence electrons. The Morgan fingerprint density at radius 3 is 2.46 bits per heavy atom. The third-order valence-electron chi connectivity index (χ3n) is 4.67.